The summed E-state index contributed by atoms with van der Waals surface area (Å²) in [5.41, 5.74) is 0.945. The molecule has 0 saturated heterocycles. The number of carbonyl (C=O) groups is 2. The molecule has 0 aliphatic carbocycles. The molecular weight excluding hydrogens is 206 g/mol. The first-order chi connectivity index (χ1) is 7.65. The van der Waals surface area contributed by atoms with Crippen molar-refractivity contribution in [3.05, 3.63) is 35.9 Å². The molecule has 0 spiro atoms. The molecule has 1 amide bonds. The molecule has 1 rings (SSSR count). The number of hydrogen-bond donors (Lipinski definition) is 1. The number of benzene rings is 1. The molecule has 1 aromatic carbocycles. The summed E-state index contributed by atoms with van der Waals surface area (Å²) in [6, 6.07) is 9.21. The van der Waals surface area contributed by atoms with E-state index in [-0.39, 0.29) is 12.6 Å². The molecule has 1 aromatic rings. The summed E-state index contributed by atoms with van der Waals surface area (Å²) < 4.78 is 4.59. The van der Waals surface area contributed by atoms with Crippen LogP contribution in [0.3, 0.4) is 0 Å². The number of rotatable bonds is 3. The molecule has 0 bridgehead atoms. The van der Waals surface area contributed by atoms with E-state index in [1.165, 1.54) is 0 Å². The van der Waals surface area contributed by atoms with Crippen LogP contribution in [0, 0.1) is 0 Å². The minimum Gasteiger partial charge on any atom is -0.459 e. The van der Waals surface area contributed by atoms with Gasteiger partial charge in [-0.05, 0) is 19.4 Å². The summed E-state index contributed by atoms with van der Waals surface area (Å²) >= 11 is 0. The minimum atomic E-state index is -0.842. The number of nitrogens with one attached hydrogen (secondary N) is 1. The number of esters is 1. The zero-order valence-corrected chi connectivity index (χ0v) is 9.40. The highest BCUT2D eigenvalue weighted by Crippen LogP contribution is 2.10. The summed E-state index contributed by atoms with van der Waals surface area (Å²) in [6.45, 7) is 3.67. The van der Waals surface area contributed by atoms with Gasteiger partial charge in [0.15, 0.2) is 0 Å². The predicted molar refractivity (Wildman–Crippen MR) is 59.6 cm³/mol. The second kappa shape index (κ2) is 5.90. The quantitative estimate of drug-likeness (QED) is 0.620. The lowest BCUT2D eigenvalue weighted by Crippen LogP contribution is -2.34. The van der Waals surface area contributed by atoms with Crippen molar-refractivity contribution >= 4 is 11.9 Å². The lowest BCUT2D eigenvalue weighted by atomic mass is 10.1. The summed E-state index contributed by atoms with van der Waals surface area (Å²) in [6.07, 6.45) is 0. The largest absolute Gasteiger partial charge is 0.459 e. The minimum absolute atomic E-state index is 0.200. The zero-order valence-electron chi connectivity index (χ0n) is 9.40. The van der Waals surface area contributed by atoms with Crippen molar-refractivity contribution in [1.82, 2.24) is 5.32 Å². The van der Waals surface area contributed by atoms with Gasteiger partial charge in [-0.15, -0.1) is 0 Å². The molecule has 4 heteroatoms. The van der Waals surface area contributed by atoms with E-state index in [0.717, 1.165) is 5.56 Å². The number of carbonyl (C=O) groups excluding carboxylic acids is 2. The van der Waals surface area contributed by atoms with E-state index in [1.807, 2.05) is 37.3 Å². The van der Waals surface area contributed by atoms with Crippen LogP contribution in [0.1, 0.15) is 25.5 Å². The van der Waals surface area contributed by atoms with E-state index in [1.54, 1.807) is 6.92 Å². The van der Waals surface area contributed by atoms with Crippen molar-refractivity contribution in [1.29, 1.82) is 0 Å². The fourth-order valence-corrected chi connectivity index (χ4v) is 1.28. The van der Waals surface area contributed by atoms with Gasteiger partial charge in [0.05, 0.1) is 12.6 Å². The van der Waals surface area contributed by atoms with E-state index in [2.05, 4.69) is 10.1 Å². The van der Waals surface area contributed by atoms with Crippen LogP contribution in [0.5, 0.6) is 0 Å². The molecular formula is C12H15NO3. The van der Waals surface area contributed by atoms with Crippen LogP contribution < -0.4 is 5.32 Å². The van der Waals surface area contributed by atoms with Gasteiger partial charge in [0.1, 0.15) is 0 Å². The normalized spacial score (nSPS) is 11.6. The second-order valence-corrected chi connectivity index (χ2v) is 3.33. The van der Waals surface area contributed by atoms with E-state index >= 15 is 0 Å². The fourth-order valence-electron chi connectivity index (χ4n) is 1.28. The van der Waals surface area contributed by atoms with Crippen molar-refractivity contribution in [2.45, 2.75) is 19.9 Å². The maximum Gasteiger partial charge on any atom is 0.396 e. The Morgan fingerprint density at radius 2 is 1.94 bits per heavy atom. The zero-order chi connectivity index (χ0) is 12.0. The molecule has 1 N–H and O–H groups in total. The van der Waals surface area contributed by atoms with E-state index < -0.39 is 11.9 Å². The highest BCUT2D eigenvalue weighted by Gasteiger charge is 2.17. The Balaban J connectivity index is 2.55. The molecule has 0 saturated carbocycles. The van der Waals surface area contributed by atoms with E-state index in [9.17, 15) is 9.59 Å². The second-order valence-electron chi connectivity index (χ2n) is 3.33. The van der Waals surface area contributed by atoms with Crippen LogP contribution in [0.15, 0.2) is 30.3 Å². The molecule has 4 nitrogen and oxygen atoms in total. The molecule has 0 radical (unpaired) electrons. The number of ether oxygens (including phenoxy) is 1. The first-order valence-corrected chi connectivity index (χ1v) is 5.17. The van der Waals surface area contributed by atoms with Gasteiger partial charge in [0.25, 0.3) is 0 Å². The summed E-state index contributed by atoms with van der Waals surface area (Å²) in [7, 11) is 0. The Bertz CT molecular complexity index is 362. The standard InChI is InChI=1S/C12H15NO3/c1-3-16-12(15)11(14)13-9(2)10-7-5-4-6-8-10/h4-9H,3H2,1-2H3,(H,13,14)/t9-/m0/s1. The summed E-state index contributed by atoms with van der Waals surface area (Å²) in [4.78, 5) is 22.4. The Labute approximate surface area is 94.6 Å². The maximum absolute atomic E-state index is 11.3. The van der Waals surface area contributed by atoms with Crippen LogP contribution >= 0.6 is 0 Å². The molecule has 0 aliphatic heterocycles. The van der Waals surface area contributed by atoms with Crippen molar-refractivity contribution in [3.63, 3.8) is 0 Å². The van der Waals surface area contributed by atoms with Crippen LogP contribution in [0.2, 0.25) is 0 Å². The van der Waals surface area contributed by atoms with Crippen LogP contribution in [-0.2, 0) is 14.3 Å². The molecule has 0 fully saturated rings. The van der Waals surface area contributed by atoms with Gasteiger partial charge in [0.2, 0.25) is 0 Å². The van der Waals surface area contributed by atoms with Crippen LogP contribution in [0.4, 0.5) is 0 Å². The van der Waals surface area contributed by atoms with Gasteiger partial charge in [-0.2, -0.15) is 0 Å². The van der Waals surface area contributed by atoms with Gasteiger partial charge in [-0.25, -0.2) is 4.79 Å². The Hall–Kier alpha value is -1.84. The van der Waals surface area contributed by atoms with E-state index in [0.29, 0.717) is 0 Å². The Kier molecular flexibility index (Phi) is 4.51. The summed E-state index contributed by atoms with van der Waals surface area (Å²) in [5.74, 6) is -1.55. The third kappa shape index (κ3) is 3.38. The van der Waals surface area contributed by atoms with Crippen molar-refractivity contribution < 1.29 is 14.3 Å². The molecule has 0 unspecified atom stereocenters. The number of amides is 1. The van der Waals surface area contributed by atoms with E-state index in [4.69, 9.17) is 0 Å². The molecule has 0 aromatic heterocycles. The third-order valence-electron chi connectivity index (χ3n) is 2.11. The van der Waals surface area contributed by atoms with Crippen LogP contribution in [0.25, 0.3) is 0 Å². The highest BCUT2D eigenvalue weighted by molar-refractivity contribution is 6.32. The van der Waals surface area contributed by atoms with Crippen molar-refractivity contribution in [3.8, 4) is 0 Å². The van der Waals surface area contributed by atoms with Crippen molar-refractivity contribution in [2.75, 3.05) is 6.61 Å². The first kappa shape index (κ1) is 12.2. The lowest BCUT2D eigenvalue weighted by Gasteiger charge is -2.13. The average Bonchev–Trinajstić information content (AvgIpc) is 2.30. The number of hydrogen-bond acceptors (Lipinski definition) is 3. The predicted octanol–water partition coefficient (Wildman–Crippen LogP) is 1.43. The third-order valence-corrected chi connectivity index (χ3v) is 2.11. The Morgan fingerprint density at radius 1 is 1.31 bits per heavy atom. The van der Waals surface area contributed by atoms with Gasteiger partial charge < -0.3 is 10.1 Å². The fraction of sp³-hybridized carbons (Fsp3) is 0.333. The van der Waals surface area contributed by atoms with Crippen LogP contribution in [-0.4, -0.2) is 18.5 Å². The smallest absolute Gasteiger partial charge is 0.396 e. The topological polar surface area (TPSA) is 55.4 Å². The van der Waals surface area contributed by atoms with Crippen molar-refractivity contribution in [2.24, 2.45) is 0 Å². The monoisotopic (exact) mass is 221 g/mol. The molecule has 86 valence electrons. The first-order valence-electron chi connectivity index (χ1n) is 5.17. The Morgan fingerprint density at radius 3 is 2.50 bits per heavy atom. The van der Waals surface area contributed by atoms with Gasteiger partial charge in [-0.3, -0.25) is 4.79 Å². The van der Waals surface area contributed by atoms with Gasteiger partial charge in [0, 0.05) is 0 Å². The maximum atomic E-state index is 11.3. The molecule has 0 aliphatic rings. The highest BCUT2D eigenvalue weighted by atomic mass is 16.5. The summed E-state index contributed by atoms with van der Waals surface area (Å²) in [5, 5.41) is 2.57. The molecule has 16 heavy (non-hydrogen) atoms. The molecule has 0 heterocycles. The van der Waals surface area contributed by atoms with Gasteiger partial charge >= 0.3 is 11.9 Å². The molecule has 1 atom stereocenters. The average molecular weight is 221 g/mol. The van der Waals surface area contributed by atoms with Gasteiger partial charge in [-0.1, -0.05) is 30.3 Å². The SMILES string of the molecule is CCOC(=O)C(=O)N[C@@H](C)c1ccccc1. The lowest BCUT2D eigenvalue weighted by molar-refractivity contribution is -0.154.